The van der Waals surface area contributed by atoms with Gasteiger partial charge < -0.3 is 10.0 Å². The van der Waals surface area contributed by atoms with Gasteiger partial charge in [-0.2, -0.15) is 0 Å². The fourth-order valence-electron chi connectivity index (χ4n) is 2.63. The summed E-state index contributed by atoms with van der Waals surface area (Å²) in [7, 11) is 0. The second kappa shape index (κ2) is 6.06. The lowest BCUT2D eigenvalue weighted by molar-refractivity contribution is 0.0696. The van der Waals surface area contributed by atoms with Crippen molar-refractivity contribution in [3.8, 4) is 0 Å². The van der Waals surface area contributed by atoms with Gasteiger partial charge in [-0.25, -0.2) is 4.79 Å². The molecule has 0 aromatic heterocycles. The zero-order valence-corrected chi connectivity index (χ0v) is 11.7. The summed E-state index contributed by atoms with van der Waals surface area (Å²) in [5.41, 5.74) is 2.37. The largest absolute Gasteiger partial charge is 0.478 e. The summed E-state index contributed by atoms with van der Waals surface area (Å²) in [6.07, 6.45) is 1.20. The van der Waals surface area contributed by atoms with Gasteiger partial charge in [-0.15, -0.1) is 0 Å². The molecule has 1 aliphatic rings. The predicted octanol–water partition coefficient (Wildman–Crippen LogP) is 2.23. The number of carboxylic acid groups (broad SMARTS) is 1. The average molecular weight is 262 g/mol. The maximum atomic E-state index is 11.0. The summed E-state index contributed by atoms with van der Waals surface area (Å²) in [4.78, 5) is 15.8. The van der Waals surface area contributed by atoms with Crippen molar-refractivity contribution in [1.29, 1.82) is 0 Å². The van der Waals surface area contributed by atoms with E-state index in [1.54, 1.807) is 6.07 Å². The smallest absolute Gasteiger partial charge is 0.335 e. The standard InChI is InChI=1S/C15H22N2O2/c1-3-6-16-7-9-17(10-8-16)13-4-5-14(15(18)19)12(2)11-13/h4-5,11H,3,6-10H2,1-2H3,(H,18,19). The first-order valence-corrected chi connectivity index (χ1v) is 6.93. The summed E-state index contributed by atoms with van der Waals surface area (Å²) >= 11 is 0. The van der Waals surface area contributed by atoms with Crippen LogP contribution in [0, 0.1) is 6.92 Å². The Kier molecular flexibility index (Phi) is 4.43. The summed E-state index contributed by atoms with van der Waals surface area (Å²) in [6, 6.07) is 5.62. The Morgan fingerprint density at radius 1 is 1.26 bits per heavy atom. The van der Waals surface area contributed by atoms with E-state index in [9.17, 15) is 4.79 Å². The van der Waals surface area contributed by atoms with E-state index in [2.05, 4.69) is 16.7 Å². The summed E-state index contributed by atoms with van der Waals surface area (Å²) in [5, 5.41) is 9.04. The maximum absolute atomic E-state index is 11.0. The monoisotopic (exact) mass is 262 g/mol. The minimum Gasteiger partial charge on any atom is -0.478 e. The Hall–Kier alpha value is -1.55. The second-order valence-electron chi connectivity index (χ2n) is 5.13. The molecule has 0 saturated carbocycles. The van der Waals surface area contributed by atoms with Crippen LogP contribution in [0.5, 0.6) is 0 Å². The van der Waals surface area contributed by atoms with Gasteiger partial charge >= 0.3 is 5.97 Å². The van der Waals surface area contributed by atoms with Gasteiger partial charge in [-0.3, -0.25) is 4.90 Å². The molecular weight excluding hydrogens is 240 g/mol. The topological polar surface area (TPSA) is 43.8 Å². The van der Waals surface area contributed by atoms with Crippen molar-refractivity contribution in [3.63, 3.8) is 0 Å². The number of aryl methyl sites for hydroxylation is 1. The molecule has 1 fully saturated rings. The van der Waals surface area contributed by atoms with Crippen LogP contribution in [0.25, 0.3) is 0 Å². The van der Waals surface area contributed by atoms with Crippen LogP contribution in [-0.2, 0) is 0 Å². The van der Waals surface area contributed by atoms with E-state index in [1.807, 2.05) is 19.1 Å². The van der Waals surface area contributed by atoms with Gasteiger partial charge in [0.15, 0.2) is 0 Å². The number of carboxylic acids is 1. The molecule has 1 aromatic rings. The van der Waals surface area contributed by atoms with Gasteiger partial charge in [-0.1, -0.05) is 6.92 Å². The lowest BCUT2D eigenvalue weighted by atomic mass is 10.1. The van der Waals surface area contributed by atoms with E-state index in [0.717, 1.165) is 37.4 Å². The number of piperazine rings is 1. The average Bonchev–Trinajstić information content (AvgIpc) is 2.39. The minimum absolute atomic E-state index is 0.397. The van der Waals surface area contributed by atoms with Crippen molar-refractivity contribution in [2.75, 3.05) is 37.6 Å². The number of carbonyl (C=O) groups is 1. The third-order valence-electron chi connectivity index (χ3n) is 3.72. The molecule has 2 rings (SSSR count). The predicted molar refractivity (Wildman–Crippen MR) is 77.1 cm³/mol. The van der Waals surface area contributed by atoms with Crippen molar-refractivity contribution < 1.29 is 9.90 Å². The van der Waals surface area contributed by atoms with Crippen LogP contribution in [0.4, 0.5) is 5.69 Å². The first kappa shape index (κ1) is 13.9. The van der Waals surface area contributed by atoms with Gasteiger partial charge in [0.2, 0.25) is 0 Å². The van der Waals surface area contributed by atoms with Crippen molar-refractivity contribution >= 4 is 11.7 Å². The van der Waals surface area contributed by atoms with Crippen molar-refractivity contribution in [2.24, 2.45) is 0 Å². The number of benzene rings is 1. The molecule has 1 aromatic carbocycles. The maximum Gasteiger partial charge on any atom is 0.335 e. The number of nitrogens with zero attached hydrogens (tertiary/aromatic N) is 2. The van der Waals surface area contributed by atoms with Crippen LogP contribution >= 0.6 is 0 Å². The molecule has 1 heterocycles. The number of aromatic carboxylic acids is 1. The quantitative estimate of drug-likeness (QED) is 0.903. The van der Waals surface area contributed by atoms with Crippen LogP contribution in [0.1, 0.15) is 29.3 Å². The normalized spacial score (nSPS) is 16.6. The van der Waals surface area contributed by atoms with Gasteiger partial charge in [0, 0.05) is 31.9 Å². The zero-order chi connectivity index (χ0) is 13.8. The molecule has 104 valence electrons. The minimum atomic E-state index is -0.850. The summed E-state index contributed by atoms with van der Waals surface area (Å²) < 4.78 is 0. The molecule has 0 unspecified atom stereocenters. The Labute approximate surface area is 114 Å². The van der Waals surface area contributed by atoms with Crippen molar-refractivity contribution in [1.82, 2.24) is 4.90 Å². The van der Waals surface area contributed by atoms with E-state index in [0.29, 0.717) is 5.56 Å². The van der Waals surface area contributed by atoms with Gasteiger partial charge in [0.1, 0.15) is 0 Å². The molecule has 1 aliphatic heterocycles. The zero-order valence-electron chi connectivity index (χ0n) is 11.7. The third kappa shape index (κ3) is 3.26. The van der Waals surface area contributed by atoms with Gasteiger partial charge in [-0.05, 0) is 43.7 Å². The molecule has 4 heteroatoms. The van der Waals surface area contributed by atoms with Crippen LogP contribution < -0.4 is 4.90 Å². The second-order valence-corrected chi connectivity index (χ2v) is 5.13. The van der Waals surface area contributed by atoms with Gasteiger partial charge in [0.05, 0.1) is 5.56 Å². The Morgan fingerprint density at radius 3 is 2.47 bits per heavy atom. The van der Waals surface area contributed by atoms with E-state index in [1.165, 1.54) is 13.0 Å². The Balaban J connectivity index is 2.04. The molecule has 1 saturated heterocycles. The van der Waals surface area contributed by atoms with E-state index >= 15 is 0 Å². The molecule has 0 spiro atoms. The molecule has 0 amide bonds. The fourth-order valence-corrected chi connectivity index (χ4v) is 2.63. The third-order valence-corrected chi connectivity index (χ3v) is 3.72. The molecule has 1 N–H and O–H groups in total. The van der Waals surface area contributed by atoms with Crippen LogP contribution in [0.3, 0.4) is 0 Å². The molecule has 0 aliphatic carbocycles. The van der Waals surface area contributed by atoms with E-state index in [4.69, 9.17) is 5.11 Å². The molecular formula is C15H22N2O2. The molecule has 0 atom stereocenters. The number of anilines is 1. The summed E-state index contributed by atoms with van der Waals surface area (Å²) in [6.45, 7) is 9.46. The van der Waals surface area contributed by atoms with Crippen LogP contribution in [-0.4, -0.2) is 48.7 Å². The number of hydrogen-bond donors (Lipinski definition) is 1. The van der Waals surface area contributed by atoms with Crippen molar-refractivity contribution in [3.05, 3.63) is 29.3 Å². The highest BCUT2D eigenvalue weighted by atomic mass is 16.4. The molecule has 0 bridgehead atoms. The first-order valence-electron chi connectivity index (χ1n) is 6.93. The number of rotatable bonds is 4. The fraction of sp³-hybridized carbons (Fsp3) is 0.533. The van der Waals surface area contributed by atoms with E-state index in [-0.39, 0.29) is 0 Å². The lowest BCUT2D eigenvalue weighted by Crippen LogP contribution is -2.46. The Morgan fingerprint density at radius 2 is 1.95 bits per heavy atom. The van der Waals surface area contributed by atoms with Crippen LogP contribution in [0.2, 0.25) is 0 Å². The molecule has 0 radical (unpaired) electrons. The van der Waals surface area contributed by atoms with Gasteiger partial charge in [0.25, 0.3) is 0 Å². The van der Waals surface area contributed by atoms with E-state index < -0.39 is 5.97 Å². The number of hydrogen-bond acceptors (Lipinski definition) is 3. The molecule has 19 heavy (non-hydrogen) atoms. The highest BCUT2D eigenvalue weighted by Gasteiger charge is 2.17. The highest BCUT2D eigenvalue weighted by Crippen LogP contribution is 2.20. The van der Waals surface area contributed by atoms with Crippen molar-refractivity contribution in [2.45, 2.75) is 20.3 Å². The highest BCUT2D eigenvalue weighted by molar-refractivity contribution is 5.89. The Bertz CT molecular complexity index is 451. The van der Waals surface area contributed by atoms with Crippen LogP contribution in [0.15, 0.2) is 18.2 Å². The first-order chi connectivity index (χ1) is 9.11. The molecule has 4 nitrogen and oxygen atoms in total. The SMILES string of the molecule is CCCN1CCN(c2ccc(C(=O)O)c(C)c2)CC1. The lowest BCUT2D eigenvalue weighted by Gasteiger charge is -2.36. The summed E-state index contributed by atoms with van der Waals surface area (Å²) in [5.74, 6) is -0.850.